The average Bonchev–Trinajstić information content (AvgIpc) is 2.96. The summed E-state index contributed by atoms with van der Waals surface area (Å²) < 4.78 is 5.51. The molecule has 2 fully saturated rings. The van der Waals surface area contributed by atoms with Crippen LogP contribution in [0, 0.1) is 5.92 Å². The van der Waals surface area contributed by atoms with Crippen molar-refractivity contribution in [1.29, 1.82) is 0 Å². The molecule has 1 aliphatic carbocycles. The van der Waals surface area contributed by atoms with E-state index in [1.807, 2.05) is 11.0 Å². The summed E-state index contributed by atoms with van der Waals surface area (Å²) in [5.41, 5.74) is 4.11. The molecule has 1 aromatic heterocycles. The van der Waals surface area contributed by atoms with Crippen LogP contribution in [0.2, 0.25) is 0 Å². The van der Waals surface area contributed by atoms with Gasteiger partial charge < -0.3 is 19.9 Å². The number of carbonyl (C=O) groups excluding carboxylic acids is 1. The molecular formula is C23H28N4O2. The smallest absolute Gasteiger partial charge is 0.230 e. The van der Waals surface area contributed by atoms with Crippen LogP contribution in [-0.2, 0) is 16.1 Å². The van der Waals surface area contributed by atoms with E-state index in [2.05, 4.69) is 39.5 Å². The van der Waals surface area contributed by atoms with E-state index in [1.165, 1.54) is 6.42 Å². The summed E-state index contributed by atoms with van der Waals surface area (Å²) in [6.07, 6.45) is 7.35. The van der Waals surface area contributed by atoms with Crippen LogP contribution >= 0.6 is 0 Å². The molecule has 2 aliphatic heterocycles. The van der Waals surface area contributed by atoms with Crippen LogP contribution in [-0.4, -0.2) is 37.2 Å². The first-order valence-electron chi connectivity index (χ1n) is 10.8. The molecule has 3 aliphatic rings. The fraction of sp³-hybridized carbons (Fsp3) is 0.478. The molecule has 0 spiro atoms. The maximum atomic E-state index is 13.6. The number of pyridine rings is 1. The topological polar surface area (TPSA) is 57.7 Å². The second kappa shape index (κ2) is 8.03. The second-order valence-electron chi connectivity index (χ2n) is 8.20. The summed E-state index contributed by atoms with van der Waals surface area (Å²) in [4.78, 5) is 22.5. The van der Waals surface area contributed by atoms with Crippen LogP contribution in [0.1, 0.15) is 37.7 Å². The zero-order valence-electron chi connectivity index (χ0n) is 16.8. The number of nitrogens with zero attached hydrogens (tertiary/aromatic N) is 3. The molecule has 152 valence electrons. The van der Waals surface area contributed by atoms with E-state index in [0.29, 0.717) is 6.54 Å². The lowest BCUT2D eigenvalue weighted by Crippen LogP contribution is -2.38. The highest BCUT2D eigenvalue weighted by atomic mass is 16.5. The number of morpholine rings is 1. The average molecular weight is 393 g/mol. The highest BCUT2D eigenvalue weighted by Crippen LogP contribution is 2.39. The Morgan fingerprint density at radius 3 is 2.76 bits per heavy atom. The molecule has 3 heterocycles. The molecule has 1 saturated heterocycles. The number of anilines is 4. The Hall–Kier alpha value is -2.60. The van der Waals surface area contributed by atoms with Gasteiger partial charge in [-0.1, -0.05) is 25.3 Å². The van der Waals surface area contributed by atoms with Crippen molar-refractivity contribution in [1.82, 2.24) is 4.98 Å². The quantitative estimate of drug-likeness (QED) is 0.834. The van der Waals surface area contributed by atoms with Crippen molar-refractivity contribution in [3.05, 3.63) is 42.1 Å². The maximum Gasteiger partial charge on any atom is 0.230 e. The normalized spacial score (nSPS) is 19.7. The summed E-state index contributed by atoms with van der Waals surface area (Å²) in [6.45, 7) is 3.81. The van der Waals surface area contributed by atoms with Gasteiger partial charge in [0.05, 0.1) is 31.1 Å². The Morgan fingerprint density at radius 2 is 1.93 bits per heavy atom. The lowest BCUT2D eigenvalue weighted by molar-refractivity contribution is -0.123. The van der Waals surface area contributed by atoms with Gasteiger partial charge in [0.1, 0.15) is 5.82 Å². The zero-order valence-corrected chi connectivity index (χ0v) is 16.8. The molecule has 6 nitrogen and oxygen atoms in total. The molecule has 0 unspecified atom stereocenters. The third-order valence-corrected chi connectivity index (χ3v) is 6.34. The first-order valence-corrected chi connectivity index (χ1v) is 10.8. The van der Waals surface area contributed by atoms with Crippen LogP contribution in [0.5, 0.6) is 0 Å². The molecule has 1 saturated carbocycles. The summed E-state index contributed by atoms with van der Waals surface area (Å²) >= 11 is 0. The number of ether oxygens (including phenoxy) is 1. The van der Waals surface area contributed by atoms with Gasteiger partial charge >= 0.3 is 0 Å². The highest BCUT2D eigenvalue weighted by molar-refractivity contribution is 6.00. The molecule has 6 heteroatoms. The van der Waals surface area contributed by atoms with Crippen LogP contribution < -0.4 is 15.1 Å². The van der Waals surface area contributed by atoms with Crippen LogP contribution in [0.3, 0.4) is 0 Å². The van der Waals surface area contributed by atoms with Gasteiger partial charge in [-0.05, 0) is 37.1 Å². The minimum Gasteiger partial charge on any atom is -0.378 e. The van der Waals surface area contributed by atoms with Crippen molar-refractivity contribution in [2.75, 3.05) is 41.4 Å². The Labute approximate surface area is 171 Å². The summed E-state index contributed by atoms with van der Waals surface area (Å²) in [5.74, 6) is 1.22. The summed E-state index contributed by atoms with van der Waals surface area (Å²) in [7, 11) is 0. The molecule has 1 aromatic carbocycles. The number of hydrogen-bond acceptors (Lipinski definition) is 5. The van der Waals surface area contributed by atoms with E-state index < -0.39 is 0 Å². The third kappa shape index (κ3) is 3.69. The Balaban J connectivity index is 1.54. The van der Waals surface area contributed by atoms with E-state index in [9.17, 15) is 4.79 Å². The number of hydrogen-bond donors (Lipinski definition) is 1. The molecule has 0 bridgehead atoms. The number of carbonyl (C=O) groups is 1. The van der Waals surface area contributed by atoms with Gasteiger partial charge in [-0.15, -0.1) is 0 Å². The minimum absolute atomic E-state index is 0.127. The number of fused-ring (bicyclic) bond motifs is 2. The number of rotatable bonds is 2. The molecule has 5 rings (SSSR count). The first kappa shape index (κ1) is 18.4. The second-order valence-corrected chi connectivity index (χ2v) is 8.20. The van der Waals surface area contributed by atoms with Gasteiger partial charge in [0.2, 0.25) is 5.91 Å². The SMILES string of the molecule is O=C(C1CCCCC1)N1Cc2cccnc2Nc2ccc(N3CCOCC3)cc21. The van der Waals surface area contributed by atoms with Crippen LogP contribution in [0.4, 0.5) is 22.9 Å². The van der Waals surface area contributed by atoms with Crippen molar-refractivity contribution < 1.29 is 9.53 Å². The first-order chi connectivity index (χ1) is 14.3. The molecule has 0 atom stereocenters. The molecule has 1 amide bonds. The van der Waals surface area contributed by atoms with Crippen molar-refractivity contribution in [3.63, 3.8) is 0 Å². The van der Waals surface area contributed by atoms with Crippen molar-refractivity contribution in [2.24, 2.45) is 5.92 Å². The largest absolute Gasteiger partial charge is 0.378 e. The minimum atomic E-state index is 0.127. The van der Waals surface area contributed by atoms with Gasteiger partial charge in [-0.2, -0.15) is 0 Å². The fourth-order valence-corrected chi connectivity index (χ4v) is 4.70. The number of benzene rings is 1. The Morgan fingerprint density at radius 1 is 1.10 bits per heavy atom. The highest BCUT2D eigenvalue weighted by Gasteiger charge is 2.31. The lowest BCUT2D eigenvalue weighted by atomic mass is 9.88. The van der Waals surface area contributed by atoms with Crippen molar-refractivity contribution >= 4 is 28.8 Å². The number of amides is 1. The van der Waals surface area contributed by atoms with E-state index in [4.69, 9.17) is 4.74 Å². The van der Waals surface area contributed by atoms with Gasteiger partial charge in [-0.25, -0.2) is 4.98 Å². The predicted molar refractivity (Wildman–Crippen MR) is 115 cm³/mol. The fourth-order valence-electron chi connectivity index (χ4n) is 4.70. The Bertz CT molecular complexity index is 888. The molecule has 0 radical (unpaired) electrons. The molecule has 2 aromatic rings. The monoisotopic (exact) mass is 392 g/mol. The van der Waals surface area contributed by atoms with Crippen LogP contribution in [0.15, 0.2) is 36.5 Å². The van der Waals surface area contributed by atoms with Crippen molar-refractivity contribution in [2.45, 2.75) is 38.6 Å². The predicted octanol–water partition coefficient (Wildman–Crippen LogP) is 4.09. The van der Waals surface area contributed by atoms with Gasteiger partial charge in [-0.3, -0.25) is 4.79 Å². The summed E-state index contributed by atoms with van der Waals surface area (Å²) in [5, 5.41) is 3.47. The van der Waals surface area contributed by atoms with Crippen LogP contribution in [0.25, 0.3) is 0 Å². The van der Waals surface area contributed by atoms with Gasteiger partial charge in [0.25, 0.3) is 0 Å². The lowest BCUT2D eigenvalue weighted by Gasteiger charge is -2.32. The third-order valence-electron chi connectivity index (χ3n) is 6.34. The molecular weight excluding hydrogens is 364 g/mol. The van der Waals surface area contributed by atoms with E-state index in [-0.39, 0.29) is 11.8 Å². The number of aromatic nitrogens is 1. The van der Waals surface area contributed by atoms with E-state index in [0.717, 1.165) is 80.4 Å². The summed E-state index contributed by atoms with van der Waals surface area (Å²) in [6, 6.07) is 10.4. The van der Waals surface area contributed by atoms with Gasteiger partial charge in [0, 0.05) is 36.5 Å². The zero-order chi connectivity index (χ0) is 19.6. The molecule has 29 heavy (non-hydrogen) atoms. The van der Waals surface area contributed by atoms with Gasteiger partial charge in [0.15, 0.2) is 0 Å². The number of nitrogens with one attached hydrogen (secondary N) is 1. The Kier molecular flexibility index (Phi) is 5.10. The van der Waals surface area contributed by atoms with E-state index >= 15 is 0 Å². The van der Waals surface area contributed by atoms with Crippen molar-refractivity contribution in [3.8, 4) is 0 Å². The standard InChI is InChI=1S/C23H28N4O2/c28-23(17-5-2-1-3-6-17)27-16-18-7-4-10-24-22(18)25-20-9-8-19(15-21(20)27)26-11-13-29-14-12-26/h4,7-10,15,17H,1-3,5-6,11-14,16H2,(H,24,25). The van der Waals surface area contributed by atoms with E-state index in [1.54, 1.807) is 6.20 Å². The molecule has 1 N–H and O–H groups in total. The maximum absolute atomic E-state index is 13.6.